The highest BCUT2D eigenvalue weighted by molar-refractivity contribution is 7.98. The van der Waals surface area contributed by atoms with Crippen LogP contribution in [-0.4, -0.2) is 61.4 Å². The third kappa shape index (κ3) is 3.48. The molecular formula is C19H22N4O3S2. The normalized spacial score (nSPS) is 24.8. The van der Waals surface area contributed by atoms with Gasteiger partial charge < -0.3 is 20.6 Å². The number of nitrogens with zero attached hydrogens (tertiary/aromatic N) is 3. The Hall–Kier alpha value is -1.78. The van der Waals surface area contributed by atoms with E-state index in [0.717, 1.165) is 26.5 Å². The van der Waals surface area contributed by atoms with Gasteiger partial charge in [-0.1, -0.05) is 23.9 Å². The fourth-order valence-corrected chi connectivity index (χ4v) is 5.08. The molecular weight excluding hydrogens is 396 g/mol. The second-order valence-electron chi connectivity index (χ2n) is 6.92. The molecule has 4 atom stereocenters. The van der Waals surface area contributed by atoms with Crippen LogP contribution in [0.25, 0.3) is 20.8 Å². The van der Waals surface area contributed by atoms with Crippen LogP contribution in [0.4, 0.5) is 5.82 Å². The van der Waals surface area contributed by atoms with Gasteiger partial charge in [-0.2, -0.15) is 0 Å². The number of hydrogen-bond acceptors (Lipinski definition) is 9. The molecule has 9 heteroatoms. The second kappa shape index (κ2) is 7.92. The Labute approximate surface area is 170 Å². The summed E-state index contributed by atoms with van der Waals surface area (Å²) in [6.45, 7) is 1.75. The van der Waals surface area contributed by atoms with E-state index in [9.17, 15) is 15.3 Å². The van der Waals surface area contributed by atoms with Crippen molar-refractivity contribution in [2.45, 2.75) is 36.8 Å². The Morgan fingerprint density at radius 3 is 2.64 bits per heavy atom. The molecule has 4 rings (SSSR count). The molecule has 1 aliphatic rings. The van der Waals surface area contributed by atoms with Crippen molar-refractivity contribution >= 4 is 39.1 Å². The smallest absolute Gasteiger partial charge is 0.189 e. The van der Waals surface area contributed by atoms with Crippen LogP contribution in [0.3, 0.4) is 0 Å². The summed E-state index contributed by atoms with van der Waals surface area (Å²) in [5.41, 5.74) is 2.51. The van der Waals surface area contributed by atoms with Gasteiger partial charge in [0.05, 0.1) is 33.6 Å². The van der Waals surface area contributed by atoms with Crippen LogP contribution >= 0.6 is 23.1 Å². The minimum Gasteiger partial charge on any atom is -0.396 e. The molecule has 0 spiro atoms. The summed E-state index contributed by atoms with van der Waals surface area (Å²) >= 11 is 3.01. The van der Waals surface area contributed by atoms with E-state index < -0.39 is 18.2 Å². The van der Waals surface area contributed by atoms with Gasteiger partial charge in [0.15, 0.2) is 5.16 Å². The van der Waals surface area contributed by atoms with Gasteiger partial charge in [0.1, 0.15) is 16.9 Å². The monoisotopic (exact) mass is 418 g/mol. The fraction of sp³-hybridized carbons (Fsp3) is 0.421. The van der Waals surface area contributed by atoms with E-state index in [-0.39, 0.29) is 12.5 Å². The summed E-state index contributed by atoms with van der Waals surface area (Å²) in [6.07, 6.45) is 0.423. The first-order valence-corrected chi connectivity index (χ1v) is 11.1. The lowest BCUT2D eigenvalue weighted by atomic mass is 10.1. The maximum Gasteiger partial charge on any atom is 0.189 e. The van der Waals surface area contributed by atoms with Crippen molar-refractivity contribution in [1.82, 2.24) is 15.0 Å². The lowest BCUT2D eigenvalue weighted by Crippen LogP contribution is -2.35. The van der Waals surface area contributed by atoms with Gasteiger partial charge in [-0.25, -0.2) is 15.0 Å². The molecule has 0 amide bonds. The zero-order chi connectivity index (χ0) is 19.8. The van der Waals surface area contributed by atoms with E-state index in [1.165, 1.54) is 11.8 Å². The average Bonchev–Trinajstić information content (AvgIpc) is 3.23. The average molecular weight is 419 g/mol. The van der Waals surface area contributed by atoms with Gasteiger partial charge in [0.2, 0.25) is 0 Å². The van der Waals surface area contributed by atoms with Gasteiger partial charge in [0, 0.05) is 12.5 Å². The van der Waals surface area contributed by atoms with Gasteiger partial charge >= 0.3 is 0 Å². The number of aliphatic hydroxyl groups excluding tert-OH is 3. The number of thioether (sulfide) groups is 1. The van der Waals surface area contributed by atoms with E-state index >= 15 is 0 Å². The Bertz CT molecular complexity index is 963. The zero-order valence-corrected chi connectivity index (χ0v) is 17.2. The van der Waals surface area contributed by atoms with Gasteiger partial charge in [-0.05, 0) is 31.7 Å². The van der Waals surface area contributed by atoms with Crippen molar-refractivity contribution in [2.75, 3.05) is 18.2 Å². The highest BCUT2D eigenvalue weighted by Crippen LogP contribution is 2.38. The molecule has 0 saturated heterocycles. The van der Waals surface area contributed by atoms with Crippen molar-refractivity contribution in [3.05, 3.63) is 30.0 Å². The van der Waals surface area contributed by atoms with Gasteiger partial charge in [-0.15, -0.1) is 11.3 Å². The summed E-state index contributed by atoms with van der Waals surface area (Å²) < 4.78 is 1.08. The summed E-state index contributed by atoms with van der Waals surface area (Å²) in [6, 6.07) is 7.52. The molecule has 7 nitrogen and oxygen atoms in total. The number of aromatic nitrogens is 3. The van der Waals surface area contributed by atoms with Crippen LogP contribution in [0, 0.1) is 12.8 Å². The van der Waals surface area contributed by atoms with Crippen LogP contribution in [-0.2, 0) is 0 Å². The predicted molar refractivity (Wildman–Crippen MR) is 112 cm³/mol. The van der Waals surface area contributed by atoms with Crippen molar-refractivity contribution in [3.8, 4) is 10.6 Å². The number of benzene rings is 1. The van der Waals surface area contributed by atoms with E-state index in [4.69, 9.17) is 4.98 Å². The first kappa shape index (κ1) is 19.5. The molecule has 4 N–H and O–H groups in total. The third-order valence-electron chi connectivity index (χ3n) is 5.12. The molecule has 3 aromatic rings. The number of fused-ring (bicyclic) bond motifs is 1. The van der Waals surface area contributed by atoms with E-state index in [1.54, 1.807) is 11.3 Å². The van der Waals surface area contributed by atoms with Crippen molar-refractivity contribution < 1.29 is 15.3 Å². The predicted octanol–water partition coefficient (Wildman–Crippen LogP) is 2.30. The first-order valence-electron chi connectivity index (χ1n) is 9.04. The third-order valence-corrected chi connectivity index (χ3v) is 6.72. The lowest BCUT2D eigenvalue weighted by molar-refractivity contribution is 0.00445. The Morgan fingerprint density at radius 2 is 1.96 bits per heavy atom. The maximum atomic E-state index is 10.4. The fourth-order valence-electron chi connectivity index (χ4n) is 3.60. The summed E-state index contributed by atoms with van der Waals surface area (Å²) in [4.78, 5) is 13.9. The van der Waals surface area contributed by atoms with E-state index in [0.29, 0.717) is 17.4 Å². The zero-order valence-electron chi connectivity index (χ0n) is 15.5. The minimum absolute atomic E-state index is 0.167. The molecule has 1 fully saturated rings. The topological polar surface area (TPSA) is 111 Å². The molecule has 0 aliphatic heterocycles. The number of aryl methyl sites for hydroxylation is 1. The first-order chi connectivity index (χ1) is 13.5. The number of para-hydroxylation sites is 1. The van der Waals surface area contributed by atoms with Gasteiger partial charge in [-0.3, -0.25) is 0 Å². The number of nitrogens with one attached hydrogen (secondary N) is 1. The number of hydrogen-bond donors (Lipinski definition) is 4. The molecule has 0 bridgehead atoms. The molecule has 1 aliphatic carbocycles. The van der Waals surface area contributed by atoms with Crippen LogP contribution in [0.1, 0.15) is 12.1 Å². The molecule has 0 unspecified atom stereocenters. The summed E-state index contributed by atoms with van der Waals surface area (Å²) in [5.74, 6) is 0.229. The molecule has 2 aromatic heterocycles. The largest absolute Gasteiger partial charge is 0.396 e. The minimum atomic E-state index is -0.978. The van der Waals surface area contributed by atoms with Gasteiger partial charge in [0.25, 0.3) is 0 Å². The molecule has 0 radical (unpaired) electrons. The molecule has 1 saturated carbocycles. The van der Waals surface area contributed by atoms with Crippen LogP contribution in [0.5, 0.6) is 0 Å². The lowest BCUT2D eigenvalue weighted by Gasteiger charge is -2.21. The molecule has 28 heavy (non-hydrogen) atoms. The number of rotatable bonds is 5. The van der Waals surface area contributed by atoms with E-state index in [1.807, 2.05) is 37.4 Å². The standard InChI is InChI=1S/C19H22N4O3S2/c1-9-14(18-22-11-5-3-4-6-13(11)28-18)17(23-19(20-9)27-2)21-12-7-10(8-24)15(25)16(12)26/h3-6,10,12,15-16,24-26H,7-8H2,1-2H3,(H,20,21,23)/t10-,12-,15-,16+/m1/s1. The maximum absolute atomic E-state index is 10.4. The van der Waals surface area contributed by atoms with E-state index in [2.05, 4.69) is 15.3 Å². The molecule has 2 heterocycles. The van der Waals surface area contributed by atoms with Crippen molar-refractivity contribution in [3.63, 3.8) is 0 Å². The Balaban J connectivity index is 1.76. The number of thiazole rings is 1. The quantitative estimate of drug-likeness (QED) is 0.369. The van der Waals surface area contributed by atoms with Crippen LogP contribution in [0.2, 0.25) is 0 Å². The Morgan fingerprint density at radius 1 is 1.18 bits per heavy atom. The SMILES string of the molecule is CSc1nc(C)c(-c2nc3ccccc3s2)c(N[C@@H]2C[C@H](CO)[C@@H](O)[C@H]2O)n1. The van der Waals surface area contributed by atoms with Crippen molar-refractivity contribution in [1.29, 1.82) is 0 Å². The highest BCUT2D eigenvalue weighted by Gasteiger charge is 2.41. The van der Waals surface area contributed by atoms with Crippen molar-refractivity contribution in [2.24, 2.45) is 5.92 Å². The van der Waals surface area contributed by atoms with Crippen LogP contribution in [0.15, 0.2) is 29.4 Å². The summed E-state index contributed by atoms with van der Waals surface area (Å²) in [7, 11) is 0. The highest BCUT2D eigenvalue weighted by atomic mass is 32.2. The van der Waals surface area contributed by atoms with Crippen LogP contribution < -0.4 is 5.32 Å². The Kier molecular flexibility index (Phi) is 5.52. The summed E-state index contributed by atoms with van der Waals surface area (Å²) in [5, 5.41) is 34.7. The number of anilines is 1. The number of aliphatic hydroxyl groups is 3. The second-order valence-corrected chi connectivity index (χ2v) is 8.72. The molecule has 1 aromatic carbocycles. The molecule has 148 valence electrons.